The van der Waals surface area contributed by atoms with E-state index in [9.17, 15) is 5.26 Å². The molecule has 0 unspecified atom stereocenters. The first-order valence-corrected chi connectivity index (χ1v) is 7.67. The van der Waals surface area contributed by atoms with E-state index in [1.54, 1.807) is 0 Å². The lowest BCUT2D eigenvalue weighted by molar-refractivity contribution is 0.398. The molecule has 2 nitrogen and oxygen atoms in total. The van der Waals surface area contributed by atoms with Crippen LogP contribution in [0.4, 0.5) is 0 Å². The van der Waals surface area contributed by atoms with E-state index in [4.69, 9.17) is 0 Å². The second-order valence-electron chi connectivity index (χ2n) is 4.43. The molecular weight excluding hydrogens is 215 g/mol. The normalized spacial score (nSPS) is 12.4. The minimum Gasteiger partial charge on any atom is -0.364 e. The van der Waals surface area contributed by atoms with Crippen molar-refractivity contribution in [2.24, 2.45) is 0 Å². The third kappa shape index (κ3) is 4.54. The van der Waals surface area contributed by atoms with Crippen LogP contribution in [0.15, 0.2) is 11.5 Å². The van der Waals surface area contributed by atoms with Crippen molar-refractivity contribution in [3.8, 4) is 6.07 Å². The van der Waals surface area contributed by atoms with Gasteiger partial charge < -0.3 is 4.90 Å². The van der Waals surface area contributed by atoms with Crippen LogP contribution in [0.2, 0.25) is 0 Å². The Hall–Kier alpha value is -0.540. The van der Waals surface area contributed by atoms with Crippen LogP contribution in [0.25, 0.3) is 0 Å². The molecule has 0 aliphatic rings. The molecule has 92 valence electrons. The van der Waals surface area contributed by atoms with Crippen LogP contribution in [0.1, 0.15) is 41.5 Å². The average molecular weight is 240 g/mol. The SMILES string of the molecule is CCN(CC)/C(C#N)=C\P(C(C)C)C(C)C. The van der Waals surface area contributed by atoms with E-state index in [0.29, 0.717) is 11.3 Å². The van der Waals surface area contributed by atoms with Gasteiger partial charge in [-0.1, -0.05) is 35.6 Å². The summed E-state index contributed by atoms with van der Waals surface area (Å²) in [5.74, 6) is 2.22. The van der Waals surface area contributed by atoms with Gasteiger partial charge in [-0.25, -0.2) is 0 Å². The molecule has 0 rings (SSSR count). The van der Waals surface area contributed by atoms with Gasteiger partial charge in [-0.3, -0.25) is 0 Å². The Kier molecular flexibility index (Phi) is 7.43. The molecule has 0 saturated carbocycles. The molecule has 0 fully saturated rings. The maximum Gasteiger partial charge on any atom is 0.117 e. The Labute approximate surface area is 102 Å². The number of hydrogen-bond acceptors (Lipinski definition) is 2. The van der Waals surface area contributed by atoms with Gasteiger partial charge in [0.15, 0.2) is 0 Å². The van der Waals surface area contributed by atoms with Gasteiger partial charge in [0.25, 0.3) is 0 Å². The van der Waals surface area contributed by atoms with E-state index in [1.807, 2.05) is 0 Å². The summed E-state index contributed by atoms with van der Waals surface area (Å²) in [5, 5.41) is 9.22. The second kappa shape index (κ2) is 7.69. The highest BCUT2D eigenvalue weighted by atomic mass is 31.1. The minimum absolute atomic E-state index is 0.194. The monoisotopic (exact) mass is 240 g/mol. The van der Waals surface area contributed by atoms with E-state index < -0.39 is 0 Å². The van der Waals surface area contributed by atoms with Crippen LogP contribution in [0.5, 0.6) is 0 Å². The summed E-state index contributed by atoms with van der Waals surface area (Å²) in [6.45, 7) is 15.0. The van der Waals surface area contributed by atoms with Gasteiger partial charge in [0, 0.05) is 13.1 Å². The topological polar surface area (TPSA) is 27.0 Å². The van der Waals surface area contributed by atoms with Gasteiger partial charge in [-0.2, -0.15) is 5.26 Å². The number of nitriles is 1. The van der Waals surface area contributed by atoms with E-state index in [1.165, 1.54) is 0 Å². The van der Waals surface area contributed by atoms with Crippen molar-refractivity contribution in [3.05, 3.63) is 11.5 Å². The number of allylic oxidation sites excluding steroid dienone is 1. The maximum atomic E-state index is 9.22. The van der Waals surface area contributed by atoms with Gasteiger partial charge in [0.1, 0.15) is 11.8 Å². The molecule has 0 aromatic rings. The smallest absolute Gasteiger partial charge is 0.117 e. The van der Waals surface area contributed by atoms with E-state index in [-0.39, 0.29) is 7.92 Å². The van der Waals surface area contributed by atoms with Crippen LogP contribution >= 0.6 is 7.92 Å². The molecule has 0 heterocycles. The van der Waals surface area contributed by atoms with Crippen LogP contribution < -0.4 is 0 Å². The lowest BCUT2D eigenvalue weighted by Crippen LogP contribution is -2.21. The summed E-state index contributed by atoms with van der Waals surface area (Å²) >= 11 is 0. The fourth-order valence-corrected chi connectivity index (χ4v) is 4.07. The molecule has 0 saturated heterocycles. The molecule has 16 heavy (non-hydrogen) atoms. The number of hydrogen-bond donors (Lipinski definition) is 0. The van der Waals surface area contributed by atoms with Crippen molar-refractivity contribution in [2.45, 2.75) is 52.9 Å². The quantitative estimate of drug-likeness (QED) is 0.518. The van der Waals surface area contributed by atoms with Crippen LogP contribution in [0, 0.1) is 11.3 Å². The summed E-state index contributed by atoms with van der Waals surface area (Å²) < 4.78 is 0. The molecule has 0 bridgehead atoms. The maximum absolute atomic E-state index is 9.22. The predicted molar refractivity (Wildman–Crippen MR) is 73.8 cm³/mol. The first kappa shape index (κ1) is 15.5. The molecule has 0 N–H and O–H groups in total. The van der Waals surface area contributed by atoms with Crippen molar-refractivity contribution >= 4 is 7.92 Å². The Morgan fingerprint density at radius 3 is 1.88 bits per heavy atom. The van der Waals surface area contributed by atoms with Crippen molar-refractivity contribution in [2.75, 3.05) is 13.1 Å². The Balaban J connectivity index is 4.98. The van der Waals surface area contributed by atoms with Crippen molar-refractivity contribution in [1.82, 2.24) is 4.90 Å². The van der Waals surface area contributed by atoms with E-state index >= 15 is 0 Å². The molecule has 0 aromatic heterocycles. The molecule has 3 heteroatoms. The summed E-state index contributed by atoms with van der Waals surface area (Å²) in [5.41, 5.74) is 2.15. The first-order valence-electron chi connectivity index (χ1n) is 6.12. The lowest BCUT2D eigenvalue weighted by atomic mass is 10.4. The molecule has 0 radical (unpaired) electrons. The number of nitrogens with zero attached hydrogens (tertiary/aromatic N) is 2. The molecular formula is C13H25N2P. The third-order valence-corrected chi connectivity index (χ3v) is 5.61. The Morgan fingerprint density at radius 2 is 1.62 bits per heavy atom. The Bertz CT molecular complexity index is 252. The molecule has 0 amide bonds. The van der Waals surface area contributed by atoms with Crippen LogP contribution in [-0.2, 0) is 0 Å². The van der Waals surface area contributed by atoms with Crippen molar-refractivity contribution in [3.63, 3.8) is 0 Å². The van der Waals surface area contributed by atoms with Gasteiger partial charge >= 0.3 is 0 Å². The van der Waals surface area contributed by atoms with Gasteiger partial charge in [-0.15, -0.1) is 0 Å². The van der Waals surface area contributed by atoms with Crippen molar-refractivity contribution < 1.29 is 0 Å². The molecule has 0 aliphatic heterocycles. The first-order chi connectivity index (χ1) is 7.47. The second-order valence-corrected chi connectivity index (χ2v) is 7.65. The fourth-order valence-electron chi connectivity index (χ4n) is 1.78. The largest absolute Gasteiger partial charge is 0.364 e. The highest BCUT2D eigenvalue weighted by Gasteiger charge is 2.16. The van der Waals surface area contributed by atoms with Crippen LogP contribution in [-0.4, -0.2) is 29.3 Å². The summed E-state index contributed by atoms with van der Waals surface area (Å²) in [4.78, 5) is 2.14. The average Bonchev–Trinajstić information content (AvgIpc) is 2.23. The molecule has 0 spiro atoms. The van der Waals surface area contributed by atoms with Crippen LogP contribution in [0.3, 0.4) is 0 Å². The van der Waals surface area contributed by atoms with Gasteiger partial charge in [0.2, 0.25) is 0 Å². The fraction of sp³-hybridized carbons (Fsp3) is 0.769. The Morgan fingerprint density at radius 1 is 1.19 bits per heavy atom. The lowest BCUT2D eigenvalue weighted by Gasteiger charge is -2.26. The molecule has 0 aliphatic carbocycles. The molecule has 0 atom stereocenters. The zero-order valence-electron chi connectivity index (χ0n) is 11.5. The summed E-state index contributed by atoms with van der Waals surface area (Å²) in [6.07, 6.45) is 0. The standard InChI is InChI=1S/C13H25N2P/c1-7-15(8-2)13(9-14)10-16(11(3)4)12(5)6/h10-12H,7-8H2,1-6H3/b13-10-. The highest BCUT2D eigenvalue weighted by Crippen LogP contribution is 2.48. The van der Waals surface area contributed by atoms with Gasteiger partial charge in [0.05, 0.1) is 0 Å². The summed E-state index contributed by atoms with van der Waals surface area (Å²) in [6, 6.07) is 2.35. The predicted octanol–water partition coefficient (Wildman–Crippen LogP) is 3.99. The molecule has 0 aromatic carbocycles. The minimum atomic E-state index is -0.194. The number of rotatable bonds is 6. The van der Waals surface area contributed by atoms with E-state index in [0.717, 1.165) is 18.8 Å². The van der Waals surface area contributed by atoms with E-state index in [2.05, 4.69) is 58.3 Å². The highest BCUT2D eigenvalue weighted by molar-refractivity contribution is 7.62. The summed E-state index contributed by atoms with van der Waals surface area (Å²) in [7, 11) is -0.194. The zero-order chi connectivity index (χ0) is 12.7. The van der Waals surface area contributed by atoms with Crippen molar-refractivity contribution in [1.29, 1.82) is 5.26 Å². The third-order valence-electron chi connectivity index (χ3n) is 2.68. The zero-order valence-corrected chi connectivity index (χ0v) is 12.4. The van der Waals surface area contributed by atoms with Gasteiger partial charge in [-0.05, 0) is 31.0 Å².